The fourth-order valence-electron chi connectivity index (χ4n) is 2.56. The summed E-state index contributed by atoms with van der Waals surface area (Å²) in [6, 6.07) is 13.6. The highest BCUT2D eigenvalue weighted by atomic mass is 79.9. The quantitative estimate of drug-likeness (QED) is 0.693. The van der Waals surface area contributed by atoms with E-state index in [0.717, 1.165) is 27.1 Å². The second kappa shape index (κ2) is 9.47. The standard InChI is InChI=1S/C20H24BrNO3/c1-4-25-17-7-5-6-16(13-17)14(2)22-20(23)11-9-15-8-10-19(24-3)18(21)12-15/h5-8,10,12-14H,4,9,11H2,1-3H3,(H,22,23). The van der Waals surface area contributed by atoms with Gasteiger partial charge in [-0.15, -0.1) is 0 Å². The van der Waals surface area contributed by atoms with Gasteiger partial charge >= 0.3 is 0 Å². The highest BCUT2D eigenvalue weighted by molar-refractivity contribution is 9.10. The molecule has 1 unspecified atom stereocenters. The van der Waals surface area contributed by atoms with Gasteiger partial charge in [0, 0.05) is 6.42 Å². The number of nitrogens with one attached hydrogen (secondary N) is 1. The number of carbonyl (C=O) groups is 1. The predicted molar refractivity (Wildman–Crippen MR) is 103 cm³/mol. The van der Waals surface area contributed by atoms with E-state index in [1.165, 1.54) is 0 Å². The van der Waals surface area contributed by atoms with Crippen LogP contribution >= 0.6 is 15.9 Å². The maximum Gasteiger partial charge on any atom is 0.220 e. The molecule has 0 spiro atoms. The molecule has 134 valence electrons. The van der Waals surface area contributed by atoms with E-state index in [2.05, 4.69) is 21.2 Å². The largest absolute Gasteiger partial charge is 0.496 e. The zero-order chi connectivity index (χ0) is 18.2. The number of methoxy groups -OCH3 is 1. The first-order valence-corrected chi connectivity index (χ1v) is 9.17. The molecular formula is C20H24BrNO3. The second-order valence-corrected chi connectivity index (χ2v) is 6.62. The Morgan fingerprint density at radius 3 is 2.72 bits per heavy atom. The molecule has 0 aliphatic heterocycles. The van der Waals surface area contributed by atoms with E-state index in [1.807, 2.05) is 56.3 Å². The summed E-state index contributed by atoms with van der Waals surface area (Å²) in [7, 11) is 1.63. The monoisotopic (exact) mass is 405 g/mol. The summed E-state index contributed by atoms with van der Waals surface area (Å²) in [5.41, 5.74) is 2.13. The Balaban J connectivity index is 1.89. The third-order valence-electron chi connectivity index (χ3n) is 3.90. The molecule has 0 saturated heterocycles. The molecule has 1 atom stereocenters. The highest BCUT2D eigenvalue weighted by Gasteiger charge is 2.11. The predicted octanol–water partition coefficient (Wildman–Crippen LogP) is 4.67. The van der Waals surface area contributed by atoms with E-state index in [1.54, 1.807) is 7.11 Å². The summed E-state index contributed by atoms with van der Waals surface area (Å²) >= 11 is 3.47. The minimum Gasteiger partial charge on any atom is -0.496 e. The molecule has 25 heavy (non-hydrogen) atoms. The van der Waals surface area contributed by atoms with Crippen molar-refractivity contribution in [2.24, 2.45) is 0 Å². The Labute approximate surface area is 157 Å². The zero-order valence-corrected chi connectivity index (χ0v) is 16.4. The zero-order valence-electron chi connectivity index (χ0n) is 14.8. The van der Waals surface area contributed by atoms with Crippen LogP contribution in [0.5, 0.6) is 11.5 Å². The van der Waals surface area contributed by atoms with Crippen molar-refractivity contribution in [2.45, 2.75) is 32.7 Å². The second-order valence-electron chi connectivity index (χ2n) is 5.76. The van der Waals surface area contributed by atoms with Gasteiger partial charge in [0.25, 0.3) is 0 Å². The molecule has 4 nitrogen and oxygen atoms in total. The molecular weight excluding hydrogens is 382 g/mol. The summed E-state index contributed by atoms with van der Waals surface area (Å²) in [6.45, 7) is 4.56. The average Bonchev–Trinajstić information content (AvgIpc) is 2.60. The fourth-order valence-corrected chi connectivity index (χ4v) is 3.15. The number of benzene rings is 2. The third-order valence-corrected chi connectivity index (χ3v) is 4.52. The van der Waals surface area contributed by atoms with Gasteiger partial charge in [-0.25, -0.2) is 0 Å². The Kier molecular flexibility index (Phi) is 7.31. The average molecular weight is 406 g/mol. The van der Waals surface area contributed by atoms with Crippen LogP contribution in [0.4, 0.5) is 0 Å². The van der Waals surface area contributed by atoms with Crippen molar-refractivity contribution in [3.05, 3.63) is 58.1 Å². The minimum atomic E-state index is -0.0597. The third kappa shape index (κ3) is 5.78. The van der Waals surface area contributed by atoms with Gasteiger partial charge in [-0.2, -0.15) is 0 Å². The van der Waals surface area contributed by atoms with Crippen molar-refractivity contribution in [3.63, 3.8) is 0 Å². The summed E-state index contributed by atoms with van der Waals surface area (Å²) in [5, 5.41) is 3.04. The topological polar surface area (TPSA) is 47.6 Å². The van der Waals surface area contributed by atoms with Gasteiger partial charge < -0.3 is 14.8 Å². The first-order chi connectivity index (χ1) is 12.0. The molecule has 0 fully saturated rings. The van der Waals surface area contributed by atoms with Crippen LogP contribution in [-0.4, -0.2) is 19.6 Å². The molecule has 0 heterocycles. The molecule has 0 aliphatic carbocycles. The Morgan fingerprint density at radius 2 is 2.04 bits per heavy atom. The lowest BCUT2D eigenvalue weighted by atomic mass is 10.1. The van der Waals surface area contributed by atoms with E-state index in [4.69, 9.17) is 9.47 Å². The molecule has 0 aliphatic rings. The normalized spacial score (nSPS) is 11.7. The van der Waals surface area contributed by atoms with Crippen LogP contribution in [0, 0.1) is 0 Å². The first-order valence-electron chi connectivity index (χ1n) is 8.38. The van der Waals surface area contributed by atoms with Crippen molar-refractivity contribution in [1.29, 1.82) is 0 Å². The molecule has 0 bridgehead atoms. The molecule has 2 aromatic rings. The van der Waals surface area contributed by atoms with Crippen LogP contribution < -0.4 is 14.8 Å². The van der Waals surface area contributed by atoms with E-state index in [0.29, 0.717) is 19.4 Å². The number of hydrogen-bond donors (Lipinski definition) is 1. The number of halogens is 1. The lowest BCUT2D eigenvalue weighted by Crippen LogP contribution is -2.26. The van der Waals surface area contributed by atoms with Gasteiger partial charge in [-0.3, -0.25) is 4.79 Å². The SMILES string of the molecule is CCOc1cccc(C(C)NC(=O)CCc2ccc(OC)c(Br)c2)c1. The van der Waals surface area contributed by atoms with Crippen LogP contribution in [0.2, 0.25) is 0 Å². The Hall–Kier alpha value is -2.01. The number of aryl methyl sites for hydroxylation is 1. The molecule has 1 N–H and O–H groups in total. The highest BCUT2D eigenvalue weighted by Crippen LogP contribution is 2.26. The number of rotatable bonds is 8. The number of hydrogen-bond acceptors (Lipinski definition) is 3. The lowest BCUT2D eigenvalue weighted by Gasteiger charge is -2.15. The molecule has 1 amide bonds. The van der Waals surface area contributed by atoms with Crippen molar-refractivity contribution < 1.29 is 14.3 Å². The molecule has 5 heteroatoms. The minimum absolute atomic E-state index is 0.0289. The van der Waals surface area contributed by atoms with Gasteiger partial charge in [0.05, 0.1) is 24.2 Å². The van der Waals surface area contributed by atoms with Gasteiger partial charge in [0.15, 0.2) is 0 Å². The maximum atomic E-state index is 12.2. The van der Waals surface area contributed by atoms with Crippen molar-refractivity contribution in [1.82, 2.24) is 5.32 Å². The summed E-state index contributed by atoms with van der Waals surface area (Å²) < 4.78 is 11.6. The van der Waals surface area contributed by atoms with Gasteiger partial charge in [0.1, 0.15) is 11.5 Å². The number of ether oxygens (including phenoxy) is 2. The van der Waals surface area contributed by atoms with Crippen LogP contribution in [0.15, 0.2) is 46.9 Å². The number of carbonyl (C=O) groups excluding carboxylic acids is 1. The lowest BCUT2D eigenvalue weighted by molar-refractivity contribution is -0.121. The van der Waals surface area contributed by atoms with Gasteiger partial charge in [-0.1, -0.05) is 18.2 Å². The van der Waals surface area contributed by atoms with Crippen LogP contribution in [0.3, 0.4) is 0 Å². The van der Waals surface area contributed by atoms with E-state index in [-0.39, 0.29) is 11.9 Å². The van der Waals surface area contributed by atoms with Crippen LogP contribution in [0.25, 0.3) is 0 Å². The van der Waals surface area contributed by atoms with Gasteiger partial charge in [-0.05, 0) is 71.6 Å². The van der Waals surface area contributed by atoms with Crippen LogP contribution in [-0.2, 0) is 11.2 Å². The molecule has 0 radical (unpaired) electrons. The van der Waals surface area contributed by atoms with E-state index in [9.17, 15) is 4.79 Å². The maximum absolute atomic E-state index is 12.2. The van der Waals surface area contributed by atoms with Crippen LogP contribution in [0.1, 0.15) is 37.4 Å². The Morgan fingerprint density at radius 1 is 1.24 bits per heavy atom. The van der Waals surface area contributed by atoms with Crippen molar-refractivity contribution in [2.75, 3.05) is 13.7 Å². The molecule has 0 saturated carbocycles. The molecule has 0 aromatic heterocycles. The fraction of sp³-hybridized carbons (Fsp3) is 0.350. The number of amides is 1. The van der Waals surface area contributed by atoms with Crippen molar-refractivity contribution in [3.8, 4) is 11.5 Å². The van der Waals surface area contributed by atoms with E-state index >= 15 is 0 Å². The van der Waals surface area contributed by atoms with Gasteiger partial charge in [0.2, 0.25) is 5.91 Å². The summed E-state index contributed by atoms with van der Waals surface area (Å²) in [4.78, 5) is 12.2. The van der Waals surface area contributed by atoms with E-state index < -0.39 is 0 Å². The Bertz CT molecular complexity index is 718. The molecule has 2 rings (SSSR count). The van der Waals surface area contributed by atoms with Crippen molar-refractivity contribution >= 4 is 21.8 Å². The summed E-state index contributed by atoms with van der Waals surface area (Å²) in [6.07, 6.45) is 1.12. The smallest absolute Gasteiger partial charge is 0.220 e. The molecule has 2 aromatic carbocycles. The first kappa shape index (κ1) is 19.3. The summed E-state index contributed by atoms with van der Waals surface area (Å²) in [5.74, 6) is 1.64.